The molecule has 2 aromatic carbocycles. The van der Waals surface area contributed by atoms with Gasteiger partial charge >= 0.3 is 0 Å². The molecule has 1 aliphatic rings. The molecule has 3 nitrogen and oxygen atoms in total. The molecule has 0 aromatic heterocycles. The van der Waals surface area contributed by atoms with Crippen LogP contribution in [-0.4, -0.2) is 24.9 Å². The number of aryl methyl sites for hydroxylation is 2. The molecule has 1 heterocycles. The molecule has 0 aliphatic carbocycles. The van der Waals surface area contributed by atoms with Crippen LogP contribution in [0.2, 0.25) is 0 Å². The Hall–Kier alpha value is -2.10. The monoisotopic (exact) mass is 366 g/mol. The van der Waals surface area contributed by atoms with Gasteiger partial charge in [0.2, 0.25) is 0 Å². The average molecular weight is 367 g/mol. The van der Waals surface area contributed by atoms with E-state index in [1.165, 1.54) is 22.1 Å². The van der Waals surface area contributed by atoms with Crippen LogP contribution in [0.15, 0.2) is 49.1 Å². The first-order valence-corrected chi connectivity index (χ1v) is 9.60. The zero-order chi connectivity index (χ0) is 19.4. The highest BCUT2D eigenvalue weighted by Gasteiger charge is 2.47. The first-order valence-electron chi connectivity index (χ1n) is 9.60. The molecule has 0 spiro atoms. The van der Waals surface area contributed by atoms with E-state index < -0.39 is 0 Å². The second-order valence-electron chi connectivity index (χ2n) is 7.81. The van der Waals surface area contributed by atoms with Crippen LogP contribution in [0.3, 0.4) is 0 Å². The predicted octanol–water partition coefficient (Wildman–Crippen LogP) is 5.66. The third kappa shape index (κ3) is 5.00. The third-order valence-electron chi connectivity index (χ3n) is 4.91. The number of fused-ring (bicyclic) bond motifs is 1. The zero-order valence-corrected chi connectivity index (χ0v) is 16.9. The largest absolute Gasteiger partial charge is 0.493 e. The standard InChI is InChI=1S/C24H30O3/c1-6-7-8-9-10-26-22-14-18(3)12-20-19(11-17(2)13-21(20)22)15-25-16-23-24(4,5)27-23/h6-8,11-14,23H,1,9-10,15-16H2,2-5H3/b8-7-. The quantitative estimate of drug-likeness (QED) is 0.326. The van der Waals surface area contributed by atoms with Crippen LogP contribution in [0, 0.1) is 13.8 Å². The minimum absolute atomic E-state index is 0.0354. The van der Waals surface area contributed by atoms with E-state index in [9.17, 15) is 0 Å². The van der Waals surface area contributed by atoms with Gasteiger partial charge in [-0.1, -0.05) is 36.9 Å². The van der Waals surface area contributed by atoms with Crippen LogP contribution >= 0.6 is 0 Å². The molecule has 3 heteroatoms. The van der Waals surface area contributed by atoms with Crippen molar-refractivity contribution in [2.75, 3.05) is 13.2 Å². The summed E-state index contributed by atoms with van der Waals surface area (Å²) in [5, 5.41) is 2.35. The minimum Gasteiger partial charge on any atom is -0.493 e. The molecule has 1 unspecified atom stereocenters. The van der Waals surface area contributed by atoms with E-state index in [1.807, 2.05) is 6.08 Å². The summed E-state index contributed by atoms with van der Waals surface area (Å²) in [4.78, 5) is 0. The maximum atomic E-state index is 6.09. The smallest absolute Gasteiger partial charge is 0.127 e. The predicted molar refractivity (Wildman–Crippen MR) is 111 cm³/mol. The number of allylic oxidation sites excluding steroid dienone is 2. The molecule has 3 rings (SSSR count). The van der Waals surface area contributed by atoms with Gasteiger partial charge in [0.05, 0.1) is 25.4 Å². The Morgan fingerprint density at radius 3 is 2.52 bits per heavy atom. The summed E-state index contributed by atoms with van der Waals surface area (Å²) in [5.74, 6) is 0.939. The van der Waals surface area contributed by atoms with Gasteiger partial charge in [-0.05, 0) is 68.3 Å². The lowest BCUT2D eigenvalue weighted by Crippen LogP contribution is -2.10. The minimum atomic E-state index is -0.0354. The topological polar surface area (TPSA) is 31.0 Å². The van der Waals surface area contributed by atoms with Crippen molar-refractivity contribution in [1.29, 1.82) is 0 Å². The molecule has 0 saturated carbocycles. The molecule has 1 fully saturated rings. The van der Waals surface area contributed by atoms with Crippen molar-refractivity contribution in [3.63, 3.8) is 0 Å². The van der Waals surface area contributed by atoms with Gasteiger partial charge < -0.3 is 14.2 Å². The van der Waals surface area contributed by atoms with Crippen molar-refractivity contribution in [1.82, 2.24) is 0 Å². The number of hydrogen-bond acceptors (Lipinski definition) is 3. The summed E-state index contributed by atoms with van der Waals surface area (Å²) >= 11 is 0. The van der Waals surface area contributed by atoms with Crippen LogP contribution in [0.1, 0.15) is 37.0 Å². The van der Waals surface area contributed by atoms with Gasteiger partial charge in [-0.25, -0.2) is 0 Å². The second kappa shape index (κ2) is 8.28. The van der Waals surface area contributed by atoms with Crippen molar-refractivity contribution in [2.24, 2.45) is 0 Å². The van der Waals surface area contributed by atoms with E-state index in [1.54, 1.807) is 6.08 Å². The summed E-state index contributed by atoms with van der Waals surface area (Å²) in [6.45, 7) is 14.0. The Balaban J connectivity index is 1.77. The van der Waals surface area contributed by atoms with E-state index in [0.717, 1.165) is 17.6 Å². The SMILES string of the molecule is C=C/C=C\CCOc1cc(C)cc2c(COCC3OC3(C)C)cc(C)cc12. The van der Waals surface area contributed by atoms with E-state index in [4.69, 9.17) is 14.2 Å². The van der Waals surface area contributed by atoms with Gasteiger partial charge in [0.1, 0.15) is 11.9 Å². The highest BCUT2D eigenvalue weighted by molar-refractivity contribution is 5.92. The summed E-state index contributed by atoms with van der Waals surface area (Å²) < 4.78 is 17.7. The second-order valence-corrected chi connectivity index (χ2v) is 7.81. The van der Waals surface area contributed by atoms with Crippen molar-refractivity contribution >= 4 is 10.8 Å². The van der Waals surface area contributed by atoms with Crippen LogP contribution in [0.4, 0.5) is 0 Å². The lowest BCUT2D eigenvalue weighted by molar-refractivity contribution is 0.105. The number of ether oxygens (including phenoxy) is 3. The first kappa shape index (κ1) is 19.7. The van der Waals surface area contributed by atoms with Crippen molar-refractivity contribution in [3.05, 3.63) is 65.8 Å². The van der Waals surface area contributed by atoms with E-state index in [0.29, 0.717) is 19.8 Å². The Morgan fingerprint density at radius 1 is 1.11 bits per heavy atom. The van der Waals surface area contributed by atoms with Crippen molar-refractivity contribution in [3.8, 4) is 5.75 Å². The molecule has 0 bridgehead atoms. The molecule has 1 saturated heterocycles. The summed E-state index contributed by atoms with van der Waals surface area (Å²) in [7, 11) is 0. The molecular weight excluding hydrogens is 336 g/mol. The van der Waals surface area contributed by atoms with Gasteiger partial charge in [0.15, 0.2) is 0 Å². The van der Waals surface area contributed by atoms with E-state index in [2.05, 4.69) is 64.6 Å². The number of rotatable bonds is 9. The van der Waals surface area contributed by atoms with Gasteiger partial charge in [0.25, 0.3) is 0 Å². The van der Waals surface area contributed by atoms with Crippen LogP contribution in [0.25, 0.3) is 10.8 Å². The molecular formula is C24H30O3. The van der Waals surface area contributed by atoms with Crippen molar-refractivity contribution in [2.45, 2.75) is 52.4 Å². The molecule has 0 amide bonds. The van der Waals surface area contributed by atoms with Crippen molar-refractivity contribution < 1.29 is 14.2 Å². The molecule has 0 radical (unpaired) electrons. The Morgan fingerprint density at radius 2 is 1.81 bits per heavy atom. The van der Waals surface area contributed by atoms with E-state index >= 15 is 0 Å². The summed E-state index contributed by atoms with van der Waals surface area (Å²) in [6, 6.07) is 8.73. The Kier molecular flexibility index (Phi) is 6.03. The molecule has 1 atom stereocenters. The highest BCUT2D eigenvalue weighted by atomic mass is 16.6. The van der Waals surface area contributed by atoms with Gasteiger partial charge in [-0.15, -0.1) is 0 Å². The maximum absolute atomic E-state index is 6.09. The normalized spacial score (nSPS) is 18.1. The fourth-order valence-corrected chi connectivity index (χ4v) is 3.31. The zero-order valence-electron chi connectivity index (χ0n) is 16.9. The molecule has 0 N–H and O–H groups in total. The van der Waals surface area contributed by atoms with Crippen LogP contribution in [0.5, 0.6) is 5.75 Å². The number of hydrogen-bond donors (Lipinski definition) is 0. The fourth-order valence-electron chi connectivity index (χ4n) is 3.31. The number of benzene rings is 2. The molecule has 1 aliphatic heterocycles. The van der Waals surface area contributed by atoms with Crippen LogP contribution < -0.4 is 4.74 Å². The molecule has 2 aromatic rings. The summed E-state index contributed by atoms with van der Waals surface area (Å²) in [6.07, 6.45) is 6.86. The average Bonchev–Trinajstić information content (AvgIpc) is 3.22. The lowest BCUT2D eigenvalue weighted by Gasteiger charge is -2.14. The number of epoxide rings is 1. The highest BCUT2D eigenvalue weighted by Crippen LogP contribution is 2.36. The molecule has 144 valence electrons. The summed E-state index contributed by atoms with van der Waals surface area (Å²) in [5.41, 5.74) is 3.57. The fraction of sp³-hybridized carbons (Fsp3) is 0.417. The lowest BCUT2D eigenvalue weighted by atomic mass is 9.99. The Bertz CT molecular complexity index is 848. The third-order valence-corrected chi connectivity index (χ3v) is 4.91. The van der Waals surface area contributed by atoms with Gasteiger partial charge in [-0.2, -0.15) is 0 Å². The molecule has 27 heavy (non-hydrogen) atoms. The van der Waals surface area contributed by atoms with Gasteiger partial charge in [0, 0.05) is 5.39 Å². The Labute approximate surface area is 162 Å². The maximum Gasteiger partial charge on any atom is 0.127 e. The first-order chi connectivity index (χ1) is 12.9. The van der Waals surface area contributed by atoms with Gasteiger partial charge in [-0.3, -0.25) is 0 Å². The van der Waals surface area contributed by atoms with E-state index in [-0.39, 0.29) is 11.7 Å². The van der Waals surface area contributed by atoms with Crippen LogP contribution in [-0.2, 0) is 16.1 Å².